The molecule has 0 saturated heterocycles. The number of para-hydroxylation sites is 2. The Bertz CT molecular complexity index is 1230. The average Bonchev–Trinajstić information content (AvgIpc) is 3.31. The van der Waals surface area contributed by atoms with E-state index in [1.165, 1.54) is 0 Å². The molecular formula is C25H26N2O4. The third kappa shape index (κ3) is 3.73. The zero-order chi connectivity index (χ0) is 21.8. The molecule has 2 aromatic carbocycles. The van der Waals surface area contributed by atoms with Crippen LogP contribution in [0.25, 0.3) is 33.2 Å². The average molecular weight is 418 g/mol. The van der Waals surface area contributed by atoms with Crippen molar-refractivity contribution in [2.24, 2.45) is 0 Å². The molecule has 0 N–H and O–H groups in total. The lowest BCUT2D eigenvalue weighted by atomic mass is 10.0. The van der Waals surface area contributed by atoms with Gasteiger partial charge < -0.3 is 28.1 Å². The summed E-state index contributed by atoms with van der Waals surface area (Å²) in [4.78, 5) is 0. The van der Waals surface area contributed by atoms with Crippen LogP contribution in [0.1, 0.15) is 11.7 Å². The Morgan fingerprint density at radius 1 is 0.871 bits per heavy atom. The van der Waals surface area contributed by atoms with Gasteiger partial charge in [-0.25, -0.2) is 0 Å². The van der Waals surface area contributed by atoms with Crippen molar-refractivity contribution >= 4 is 21.8 Å². The highest BCUT2D eigenvalue weighted by atomic mass is 16.7. The van der Waals surface area contributed by atoms with Gasteiger partial charge in [0.15, 0.2) is 0 Å². The van der Waals surface area contributed by atoms with Gasteiger partial charge in [0.2, 0.25) is 0 Å². The normalized spacial score (nSPS) is 12.5. The molecule has 4 aromatic rings. The van der Waals surface area contributed by atoms with Crippen LogP contribution in [-0.4, -0.2) is 37.3 Å². The summed E-state index contributed by atoms with van der Waals surface area (Å²) in [5.74, 6) is 2.80. The third-order valence-corrected chi connectivity index (χ3v) is 5.35. The lowest BCUT2D eigenvalue weighted by molar-refractivity contribution is -0.0529. The zero-order valence-electron chi connectivity index (χ0n) is 18.0. The minimum atomic E-state index is -0.591. The van der Waals surface area contributed by atoms with E-state index >= 15 is 0 Å². The Balaban J connectivity index is 2.09. The van der Waals surface area contributed by atoms with Gasteiger partial charge in [-0.1, -0.05) is 42.3 Å². The van der Waals surface area contributed by atoms with Crippen molar-refractivity contribution in [2.75, 3.05) is 28.1 Å². The first-order chi connectivity index (χ1) is 15.2. The van der Waals surface area contributed by atoms with E-state index in [4.69, 9.17) is 25.4 Å². The Kier molecular flexibility index (Phi) is 6.40. The standard InChI is InChI=1S/C25H26N2O4/c1-5-23(31-17-30-4)24-19-11-7-9-13-21(19)27(16-29-3)25(24)22-14-18-10-6-8-12-20(18)26(22)15-28-2/h1,6-14,23H,15-17H2,2-4H3. The van der Waals surface area contributed by atoms with Crippen molar-refractivity contribution in [3.05, 3.63) is 60.2 Å². The molecule has 6 heteroatoms. The number of aromatic nitrogens is 2. The molecule has 2 heterocycles. The van der Waals surface area contributed by atoms with Crippen LogP contribution in [0.3, 0.4) is 0 Å². The molecule has 0 aliphatic carbocycles. The molecule has 1 unspecified atom stereocenters. The molecule has 6 nitrogen and oxygen atoms in total. The summed E-state index contributed by atoms with van der Waals surface area (Å²) >= 11 is 0. The van der Waals surface area contributed by atoms with E-state index in [1.807, 2.05) is 24.3 Å². The van der Waals surface area contributed by atoms with Gasteiger partial charge >= 0.3 is 0 Å². The summed E-state index contributed by atoms with van der Waals surface area (Å²) in [6.45, 7) is 0.863. The zero-order valence-corrected chi connectivity index (χ0v) is 18.0. The van der Waals surface area contributed by atoms with Crippen LogP contribution in [-0.2, 0) is 32.4 Å². The molecule has 0 fully saturated rings. The van der Waals surface area contributed by atoms with E-state index < -0.39 is 6.10 Å². The van der Waals surface area contributed by atoms with Gasteiger partial charge in [-0.05, 0) is 18.2 Å². The highest BCUT2D eigenvalue weighted by Gasteiger charge is 2.27. The van der Waals surface area contributed by atoms with Crippen molar-refractivity contribution < 1.29 is 18.9 Å². The fourth-order valence-electron chi connectivity index (χ4n) is 4.16. The molecule has 2 aromatic heterocycles. The van der Waals surface area contributed by atoms with Gasteiger partial charge in [0, 0.05) is 37.7 Å². The van der Waals surface area contributed by atoms with Gasteiger partial charge in [0.25, 0.3) is 0 Å². The highest BCUT2D eigenvalue weighted by Crippen LogP contribution is 2.41. The van der Waals surface area contributed by atoms with Crippen LogP contribution >= 0.6 is 0 Å². The van der Waals surface area contributed by atoms with E-state index in [1.54, 1.807) is 21.3 Å². The molecule has 0 saturated carbocycles. The fraction of sp³-hybridized carbons (Fsp3) is 0.280. The summed E-state index contributed by atoms with van der Waals surface area (Å²) in [6.07, 6.45) is 5.35. The molecule has 0 spiro atoms. The summed E-state index contributed by atoms with van der Waals surface area (Å²) < 4.78 is 26.5. The monoisotopic (exact) mass is 418 g/mol. The second-order valence-electron chi connectivity index (χ2n) is 7.18. The van der Waals surface area contributed by atoms with Crippen LogP contribution in [0.5, 0.6) is 0 Å². The summed E-state index contributed by atoms with van der Waals surface area (Å²) in [5, 5.41) is 2.13. The van der Waals surface area contributed by atoms with Crippen molar-refractivity contribution in [3.63, 3.8) is 0 Å². The van der Waals surface area contributed by atoms with E-state index in [9.17, 15) is 0 Å². The maximum absolute atomic E-state index is 5.94. The number of methoxy groups -OCH3 is 3. The molecule has 0 amide bonds. The number of hydrogen-bond donors (Lipinski definition) is 0. The summed E-state index contributed by atoms with van der Waals surface area (Å²) in [7, 11) is 4.96. The first-order valence-electron chi connectivity index (χ1n) is 9.99. The molecule has 4 rings (SSSR count). The van der Waals surface area contributed by atoms with Crippen molar-refractivity contribution in [1.82, 2.24) is 9.13 Å². The quantitative estimate of drug-likeness (QED) is 0.290. The first kappa shape index (κ1) is 21.2. The van der Waals surface area contributed by atoms with Gasteiger partial charge in [-0.2, -0.15) is 0 Å². The Labute approximate surface area is 181 Å². The summed E-state index contributed by atoms with van der Waals surface area (Å²) in [5.41, 5.74) is 4.93. The second kappa shape index (κ2) is 9.38. The molecule has 0 bridgehead atoms. The minimum Gasteiger partial charge on any atom is -0.364 e. The lowest BCUT2D eigenvalue weighted by Crippen LogP contribution is -2.11. The molecule has 160 valence electrons. The Morgan fingerprint density at radius 3 is 2.26 bits per heavy atom. The number of rotatable bonds is 9. The van der Waals surface area contributed by atoms with E-state index in [-0.39, 0.29) is 6.79 Å². The molecule has 0 aliphatic rings. The van der Waals surface area contributed by atoms with Crippen molar-refractivity contribution in [1.29, 1.82) is 0 Å². The predicted molar refractivity (Wildman–Crippen MR) is 121 cm³/mol. The van der Waals surface area contributed by atoms with E-state index in [2.05, 4.69) is 45.4 Å². The number of fused-ring (bicyclic) bond motifs is 2. The lowest BCUT2D eigenvalue weighted by Gasteiger charge is -2.18. The molecule has 0 aliphatic heterocycles. The van der Waals surface area contributed by atoms with E-state index in [0.29, 0.717) is 13.5 Å². The number of hydrogen-bond acceptors (Lipinski definition) is 4. The van der Waals surface area contributed by atoms with Crippen LogP contribution in [0.2, 0.25) is 0 Å². The number of terminal acetylenes is 1. The van der Waals surface area contributed by atoms with Crippen molar-refractivity contribution in [3.8, 4) is 23.7 Å². The molecule has 1 atom stereocenters. The van der Waals surface area contributed by atoms with Crippen LogP contribution in [0.15, 0.2) is 54.6 Å². The first-order valence-corrected chi connectivity index (χ1v) is 9.99. The highest BCUT2D eigenvalue weighted by molar-refractivity contribution is 5.95. The smallest absolute Gasteiger partial charge is 0.148 e. The van der Waals surface area contributed by atoms with Crippen LogP contribution in [0.4, 0.5) is 0 Å². The number of nitrogens with zero attached hydrogens (tertiary/aromatic N) is 2. The Hall–Kier alpha value is -3.08. The van der Waals surface area contributed by atoms with Gasteiger partial charge in [0.05, 0.1) is 22.4 Å². The third-order valence-electron chi connectivity index (χ3n) is 5.35. The Morgan fingerprint density at radius 2 is 1.55 bits per heavy atom. The fourth-order valence-corrected chi connectivity index (χ4v) is 4.16. The van der Waals surface area contributed by atoms with E-state index in [0.717, 1.165) is 38.8 Å². The summed E-state index contributed by atoms with van der Waals surface area (Å²) in [6, 6.07) is 18.5. The minimum absolute atomic E-state index is 0.0964. The molecule has 31 heavy (non-hydrogen) atoms. The van der Waals surface area contributed by atoms with Gasteiger partial charge in [0.1, 0.15) is 26.4 Å². The number of ether oxygens (including phenoxy) is 4. The maximum atomic E-state index is 5.94. The number of benzene rings is 2. The predicted octanol–water partition coefficient (Wildman–Crippen LogP) is 4.77. The van der Waals surface area contributed by atoms with Crippen LogP contribution < -0.4 is 0 Å². The van der Waals surface area contributed by atoms with Crippen molar-refractivity contribution in [2.45, 2.75) is 19.6 Å². The van der Waals surface area contributed by atoms with Gasteiger partial charge in [-0.3, -0.25) is 0 Å². The van der Waals surface area contributed by atoms with Crippen LogP contribution in [0, 0.1) is 12.3 Å². The topological polar surface area (TPSA) is 46.8 Å². The second-order valence-corrected chi connectivity index (χ2v) is 7.18. The molecule has 0 radical (unpaired) electrons. The van der Waals surface area contributed by atoms with Gasteiger partial charge in [-0.15, -0.1) is 6.42 Å². The largest absolute Gasteiger partial charge is 0.364 e. The SMILES string of the molecule is C#CC(OCOC)c1c(-c2cc3ccccc3n2COC)n(COC)c2ccccc12. The molecular weight excluding hydrogens is 392 g/mol. The maximum Gasteiger partial charge on any atom is 0.148 e.